The lowest BCUT2D eigenvalue weighted by atomic mass is 10.2. The first kappa shape index (κ1) is 17.2. The number of thiocarbonyl (C=S) groups is 1. The van der Waals surface area contributed by atoms with E-state index in [4.69, 9.17) is 17.0 Å². The Hall–Kier alpha value is -3.20. The number of nitrogens with one attached hydrogen (secondary N) is 2. The van der Waals surface area contributed by atoms with Gasteiger partial charge in [0.05, 0.1) is 18.2 Å². The van der Waals surface area contributed by atoms with E-state index in [0.29, 0.717) is 11.3 Å². The maximum Gasteiger partial charge on any atom is 0.311 e. The van der Waals surface area contributed by atoms with Gasteiger partial charge in [0.15, 0.2) is 10.9 Å². The van der Waals surface area contributed by atoms with Crippen molar-refractivity contribution in [3.05, 3.63) is 58.1 Å². The summed E-state index contributed by atoms with van der Waals surface area (Å²) in [6, 6.07) is 11.1. The lowest BCUT2D eigenvalue weighted by molar-refractivity contribution is -0.385. The van der Waals surface area contributed by atoms with E-state index in [0.717, 1.165) is 5.69 Å². The highest BCUT2D eigenvalue weighted by atomic mass is 32.1. The number of phenolic OH excluding ortho intramolecular Hbond substituents is 1. The Bertz CT molecular complexity index is 795. The number of phenols is 1. The van der Waals surface area contributed by atoms with Crippen molar-refractivity contribution >= 4 is 34.9 Å². The van der Waals surface area contributed by atoms with Gasteiger partial charge in [-0.25, -0.2) is 0 Å². The molecule has 0 spiro atoms. The lowest BCUT2D eigenvalue weighted by Gasteiger charge is -2.08. The fourth-order valence-electron chi connectivity index (χ4n) is 1.79. The first-order chi connectivity index (χ1) is 11.5. The van der Waals surface area contributed by atoms with Crippen LogP contribution in [-0.2, 0) is 0 Å². The number of benzene rings is 2. The van der Waals surface area contributed by atoms with Gasteiger partial charge >= 0.3 is 5.69 Å². The number of hydrogen-bond acceptors (Lipinski definition) is 6. The van der Waals surface area contributed by atoms with Crippen LogP contribution >= 0.6 is 12.2 Å². The number of aromatic hydroxyl groups is 1. The highest BCUT2D eigenvalue weighted by Crippen LogP contribution is 2.25. The minimum absolute atomic E-state index is 0.243. The van der Waals surface area contributed by atoms with Crippen LogP contribution in [0.25, 0.3) is 0 Å². The van der Waals surface area contributed by atoms with Gasteiger partial charge in [-0.1, -0.05) is 6.07 Å². The number of nitro benzene ring substituents is 1. The maximum atomic E-state index is 10.8. The van der Waals surface area contributed by atoms with Crippen molar-refractivity contribution in [1.29, 1.82) is 0 Å². The summed E-state index contributed by atoms with van der Waals surface area (Å²) in [6.07, 6.45) is 1.35. The number of ether oxygens (including phenoxy) is 1. The second-order valence-electron chi connectivity index (χ2n) is 4.56. The molecule has 2 rings (SSSR count). The monoisotopic (exact) mass is 346 g/mol. The van der Waals surface area contributed by atoms with Crippen molar-refractivity contribution in [2.75, 3.05) is 12.4 Å². The normalized spacial score (nSPS) is 10.4. The van der Waals surface area contributed by atoms with E-state index in [1.54, 1.807) is 19.2 Å². The van der Waals surface area contributed by atoms with E-state index in [1.165, 1.54) is 24.4 Å². The second-order valence-corrected chi connectivity index (χ2v) is 4.97. The van der Waals surface area contributed by atoms with E-state index in [9.17, 15) is 15.2 Å². The minimum Gasteiger partial charge on any atom is -0.502 e. The second kappa shape index (κ2) is 7.88. The summed E-state index contributed by atoms with van der Waals surface area (Å²) in [5.41, 5.74) is 3.37. The molecule has 0 aromatic heterocycles. The third-order valence-electron chi connectivity index (χ3n) is 2.90. The molecule has 0 heterocycles. The van der Waals surface area contributed by atoms with Crippen LogP contribution in [0.3, 0.4) is 0 Å². The van der Waals surface area contributed by atoms with Gasteiger partial charge < -0.3 is 15.2 Å². The molecule has 8 nitrogen and oxygen atoms in total. The van der Waals surface area contributed by atoms with Gasteiger partial charge in [-0.05, 0) is 36.5 Å². The smallest absolute Gasteiger partial charge is 0.311 e. The average molecular weight is 346 g/mol. The number of nitrogens with zero attached hydrogens (tertiary/aromatic N) is 2. The molecule has 0 aliphatic carbocycles. The van der Waals surface area contributed by atoms with Crippen LogP contribution in [0.1, 0.15) is 5.56 Å². The Kier molecular flexibility index (Phi) is 5.63. The third-order valence-corrected chi connectivity index (χ3v) is 3.10. The maximum absolute atomic E-state index is 10.8. The molecule has 0 amide bonds. The number of methoxy groups -OCH3 is 1. The molecule has 2 aromatic rings. The first-order valence-corrected chi connectivity index (χ1v) is 7.12. The highest BCUT2D eigenvalue weighted by molar-refractivity contribution is 7.80. The van der Waals surface area contributed by atoms with Crippen LogP contribution in [0.15, 0.2) is 47.6 Å². The van der Waals surface area contributed by atoms with Crippen molar-refractivity contribution in [1.82, 2.24) is 5.43 Å². The molecule has 0 saturated heterocycles. The van der Waals surface area contributed by atoms with Gasteiger partial charge in [0.2, 0.25) is 0 Å². The minimum atomic E-state index is -0.672. The Balaban J connectivity index is 1.97. The molecule has 0 atom stereocenters. The summed E-state index contributed by atoms with van der Waals surface area (Å²) < 4.78 is 5.11. The molecule has 3 N–H and O–H groups in total. The van der Waals surface area contributed by atoms with Crippen LogP contribution in [0.4, 0.5) is 11.4 Å². The van der Waals surface area contributed by atoms with Gasteiger partial charge in [-0.3, -0.25) is 15.5 Å². The quantitative estimate of drug-likeness (QED) is 0.330. The Morgan fingerprint density at radius 3 is 2.88 bits per heavy atom. The summed E-state index contributed by atoms with van der Waals surface area (Å²) in [5.74, 6) is 0.281. The topological polar surface area (TPSA) is 109 Å². The molecule has 9 heteroatoms. The molecule has 0 saturated carbocycles. The largest absolute Gasteiger partial charge is 0.502 e. The molecule has 0 bridgehead atoms. The number of rotatable bonds is 5. The summed E-state index contributed by atoms with van der Waals surface area (Å²) in [6.45, 7) is 0. The molecule has 0 aliphatic rings. The van der Waals surface area contributed by atoms with Crippen molar-refractivity contribution < 1.29 is 14.8 Å². The Labute approximate surface area is 142 Å². The summed E-state index contributed by atoms with van der Waals surface area (Å²) in [5, 5.41) is 27.2. The van der Waals surface area contributed by atoms with Crippen molar-refractivity contribution in [2.24, 2.45) is 5.10 Å². The van der Waals surface area contributed by atoms with Crippen LogP contribution in [0, 0.1) is 10.1 Å². The van der Waals surface area contributed by atoms with Crippen molar-refractivity contribution in [2.45, 2.75) is 0 Å². The SMILES string of the molecule is COc1cccc(NC(=S)N/N=C/c2ccc(O)c([N+](=O)[O-])c2)c1. The van der Waals surface area contributed by atoms with Crippen LogP contribution in [0.5, 0.6) is 11.5 Å². The molecule has 0 radical (unpaired) electrons. The summed E-state index contributed by atoms with van der Waals surface area (Å²) >= 11 is 5.09. The molecule has 2 aromatic carbocycles. The molecular weight excluding hydrogens is 332 g/mol. The molecule has 0 aliphatic heterocycles. The Morgan fingerprint density at radius 1 is 1.38 bits per heavy atom. The standard InChI is InChI=1S/C15H14N4O4S/c1-23-12-4-2-3-11(8-12)17-15(24)18-16-9-10-5-6-14(20)13(7-10)19(21)22/h2-9,20H,1H3,(H2,17,18,24)/b16-9+. The first-order valence-electron chi connectivity index (χ1n) is 6.71. The van der Waals surface area contributed by atoms with E-state index in [2.05, 4.69) is 15.8 Å². The third kappa shape index (κ3) is 4.65. The zero-order chi connectivity index (χ0) is 17.5. The number of anilines is 1. The summed E-state index contributed by atoms with van der Waals surface area (Å²) in [4.78, 5) is 10.1. The zero-order valence-corrected chi connectivity index (χ0v) is 13.4. The molecule has 0 unspecified atom stereocenters. The molecule has 124 valence electrons. The van der Waals surface area contributed by atoms with Crippen molar-refractivity contribution in [3.8, 4) is 11.5 Å². The number of nitro groups is 1. The van der Waals surface area contributed by atoms with Crippen LogP contribution in [-0.4, -0.2) is 28.5 Å². The fourth-order valence-corrected chi connectivity index (χ4v) is 1.96. The predicted molar refractivity (Wildman–Crippen MR) is 94.7 cm³/mol. The van der Waals surface area contributed by atoms with E-state index in [1.807, 2.05) is 12.1 Å². The Morgan fingerprint density at radius 2 is 2.17 bits per heavy atom. The van der Waals surface area contributed by atoms with Gasteiger partial charge in [-0.2, -0.15) is 5.10 Å². The number of hydrazone groups is 1. The van der Waals surface area contributed by atoms with E-state index < -0.39 is 16.4 Å². The van der Waals surface area contributed by atoms with Gasteiger partial charge in [-0.15, -0.1) is 0 Å². The highest BCUT2D eigenvalue weighted by Gasteiger charge is 2.12. The molecule has 24 heavy (non-hydrogen) atoms. The van der Waals surface area contributed by atoms with E-state index >= 15 is 0 Å². The lowest BCUT2D eigenvalue weighted by Crippen LogP contribution is -2.23. The van der Waals surface area contributed by atoms with Gasteiger partial charge in [0, 0.05) is 23.4 Å². The summed E-state index contributed by atoms with van der Waals surface area (Å²) in [7, 11) is 1.57. The molecular formula is C15H14N4O4S. The predicted octanol–water partition coefficient (Wildman–Crippen LogP) is 2.63. The molecule has 0 fully saturated rings. The van der Waals surface area contributed by atoms with E-state index in [-0.39, 0.29) is 5.11 Å². The fraction of sp³-hybridized carbons (Fsp3) is 0.0667. The average Bonchev–Trinajstić information content (AvgIpc) is 2.56. The van der Waals surface area contributed by atoms with Gasteiger partial charge in [0.1, 0.15) is 5.75 Å². The zero-order valence-electron chi connectivity index (χ0n) is 12.6. The van der Waals surface area contributed by atoms with Gasteiger partial charge in [0.25, 0.3) is 0 Å². The van der Waals surface area contributed by atoms with Crippen LogP contribution in [0.2, 0.25) is 0 Å². The van der Waals surface area contributed by atoms with Crippen LogP contribution < -0.4 is 15.5 Å². The number of hydrogen-bond donors (Lipinski definition) is 3. The van der Waals surface area contributed by atoms with Crippen molar-refractivity contribution in [3.63, 3.8) is 0 Å².